The molecule has 2 heterocycles. The average Bonchev–Trinajstić information content (AvgIpc) is 3.16. The van der Waals surface area contributed by atoms with E-state index in [1.54, 1.807) is 24.3 Å². The van der Waals surface area contributed by atoms with Crippen molar-refractivity contribution in [1.82, 2.24) is 24.1 Å². The molecule has 0 saturated carbocycles. The van der Waals surface area contributed by atoms with E-state index < -0.39 is 11.6 Å². The second-order valence-electron chi connectivity index (χ2n) is 9.28. The molecule has 0 saturated heterocycles. The number of nitrogens with one attached hydrogen (secondary N) is 2. The highest BCUT2D eigenvalue weighted by molar-refractivity contribution is 5.98. The third-order valence-electron chi connectivity index (χ3n) is 5.79. The van der Waals surface area contributed by atoms with Crippen molar-refractivity contribution in [2.45, 2.75) is 47.2 Å². The van der Waals surface area contributed by atoms with Gasteiger partial charge in [-0.1, -0.05) is 38.5 Å². The number of benzene rings is 2. The lowest BCUT2D eigenvalue weighted by Crippen LogP contribution is -2.30. The number of rotatable bonds is 8. The van der Waals surface area contributed by atoms with E-state index in [1.807, 2.05) is 39.8 Å². The third kappa shape index (κ3) is 4.93. The molecule has 2 aromatic carbocycles. The van der Waals surface area contributed by atoms with Crippen LogP contribution in [0.2, 0.25) is 0 Å². The summed E-state index contributed by atoms with van der Waals surface area (Å²) in [5, 5.41) is 10.2. The molecule has 0 aliphatic rings. The first-order valence-electron chi connectivity index (χ1n) is 12.0. The zero-order valence-corrected chi connectivity index (χ0v) is 20.9. The van der Waals surface area contributed by atoms with Crippen molar-refractivity contribution in [3.8, 4) is 0 Å². The molecule has 2 N–H and O–H groups in total. The Labute approximate surface area is 207 Å². The van der Waals surface area contributed by atoms with E-state index in [0.29, 0.717) is 36.1 Å². The van der Waals surface area contributed by atoms with Gasteiger partial charge < -0.3 is 10.6 Å². The Hall–Kier alpha value is -4.21. The number of amides is 2. The van der Waals surface area contributed by atoms with E-state index in [2.05, 4.69) is 15.7 Å². The number of carbonyl (C=O) groups is 2. The van der Waals surface area contributed by atoms with Crippen LogP contribution in [0, 0.1) is 12.8 Å². The van der Waals surface area contributed by atoms with E-state index >= 15 is 0 Å². The number of nitrogens with zero attached hydrogens (tertiary/aromatic N) is 4. The second-order valence-corrected chi connectivity index (χ2v) is 9.28. The molecule has 4 aromatic rings. The highest BCUT2D eigenvalue weighted by Gasteiger charge is 2.20. The highest BCUT2D eigenvalue weighted by atomic mass is 16.2. The molecule has 2 amide bonds. The Balaban J connectivity index is 1.79. The van der Waals surface area contributed by atoms with Crippen LogP contribution in [0.3, 0.4) is 0 Å². The monoisotopic (exact) mass is 490 g/mol. The van der Waals surface area contributed by atoms with Crippen molar-refractivity contribution < 1.29 is 9.59 Å². The number of hydrogen-bond donors (Lipinski definition) is 2. The van der Waals surface area contributed by atoms with Crippen LogP contribution in [0.15, 0.2) is 52.1 Å². The molecule has 0 fully saturated rings. The summed E-state index contributed by atoms with van der Waals surface area (Å²) < 4.78 is 3.76. The highest BCUT2D eigenvalue weighted by Crippen LogP contribution is 2.15. The summed E-state index contributed by atoms with van der Waals surface area (Å²) in [6.07, 6.45) is 0.645. The lowest BCUT2D eigenvalue weighted by Gasteiger charge is -2.11. The third-order valence-corrected chi connectivity index (χ3v) is 5.79. The molecule has 0 unspecified atom stereocenters. The zero-order chi connectivity index (χ0) is 26.0. The largest absolute Gasteiger partial charge is 0.352 e. The smallest absolute Gasteiger partial charge is 0.352 e. The van der Waals surface area contributed by atoms with Crippen LogP contribution in [-0.2, 0) is 17.9 Å². The van der Waals surface area contributed by atoms with Gasteiger partial charge in [0.05, 0.1) is 10.9 Å². The maximum Gasteiger partial charge on any atom is 0.352 e. The molecule has 188 valence electrons. The average molecular weight is 491 g/mol. The fourth-order valence-corrected chi connectivity index (χ4v) is 3.96. The van der Waals surface area contributed by atoms with Crippen LogP contribution in [0.5, 0.6) is 0 Å². The minimum atomic E-state index is -0.571. The Bertz CT molecular complexity index is 1560. The summed E-state index contributed by atoms with van der Waals surface area (Å²) in [6.45, 7) is 8.36. The van der Waals surface area contributed by atoms with Crippen LogP contribution < -0.4 is 21.9 Å². The van der Waals surface area contributed by atoms with Crippen LogP contribution >= 0.6 is 0 Å². The molecule has 0 aliphatic carbocycles. The van der Waals surface area contributed by atoms with Gasteiger partial charge in [0.25, 0.3) is 11.5 Å². The SMILES string of the molecule is CCCn1c(=O)c2ccc(C(=O)NCC(C)C)cc2n2c(=O)n(CC(=O)Nc3ccc(C)cc3)nc12. The minimum absolute atomic E-state index is 0.127. The summed E-state index contributed by atoms with van der Waals surface area (Å²) in [4.78, 5) is 52.0. The number of carbonyl (C=O) groups excluding carboxylic acids is 2. The van der Waals surface area contributed by atoms with Crippen molar-refractivity contribution in [2.75, 3.05) is 11.9 Å². The molecule has 0 spiro atoms. The van der Waals surface area contributed by atoms with Crippen molar-refractivity contribution in [3.63, 3.8) is 0 Å². The molecule has 0 aliphatic heterocycles. The lowest BCUT2D eigenvalue weighted by molar-refractivity contribution is -0.117. The number of aromatic nitrogens is 4. The van der Waals surface area contributed by atoms with E-state index in [-0.39, 0.29) is 35.2 Å². The first-order valence-corrected chi connectivity index (χ1v) is 12.0. The van der Waals surface area contributed by atoms with Crippen molar-refractivity contribution >= 4 is 34.2 Å². The molecule has 36 heavy (non-hydrogen) atoms. The van der Waals surface area contributed by atoms with Gasteiger partial charge >= 0.3 is 5.69 Å². The first-order chi connectivity index (χ1) is 17.2. The Morgan fingerprint density at radius 1 is 1.06 bits per heavy atom. The van der Waals surface area contributed by atoms with Gasteiger partial charge in [0, 0.05) is 24.3 Å². The lowest BCUT2D eigenvalue weighted by atomic mass is 10.1. The predicted molar refractivity (Wildman–Crippen MR) is 138 cm³/mol. The van der Waals surface area contributed by atoms with E-state index in [9.17, 15) is 19.2 Å². The standard InChI is InChI=1S/C26H30N6O4/c1-5-12-30-24(35)20-11-8-18(23(34)27-14-16(2)3)13-21(20)32-25(30)29-31(26(32)36)15-22(33)28-19-9-6-17(4)7-10-19/h6-11,13,16H,5,12,14-15H2,1-4H3,(H,27,34)(H,28,33). The minimum Gasteiger partial charge on any atom is -0.352 e. The first kappa shape index (κ1) is 24.9. The molecule has 4 rings (SSSR count). The molecule has 0 atom stereocenters. The number of hydrogen-bond acceptors (Lipinski definition) is 5. The Kier molecular flexibility index (Phi) is 7.05. The number of anilines is 1. The molecular weight excluding hydrogens is 460 g/mol. The van der Waals surface area contributed by atoms with Gasteiger partial charge in [-0.25, -0.2) is 13.9 Å². The number of fused-ring (bicyclic) bond motifs is 3. The number of aryl methyl sites for hydroxylation is 2. The fourth-order valence-electron chi connectivity index (χ4n) is 3.96. The zero-order valence-electron chi connectivity index (χ0n) is 20.9. The van der Waals surface area contributed by atoms with Crippen LogP contribution in [0.25, 0.3) is 16.7 Å². The Morgan fingerprint density at radius 2 is 1.78 bits per heavy atom. The molecular formula is C26H30N6O4. The van der Waals surface area contributed by atoms with Crippen molar-refractivity contribution in [1.29, 1.82) is 0 Å². The molecule has 0 radical (unpaired) electrons. The van der Waals surface area contributed by atoms with Gasteiger partial charge in [-0.15, -0.1) is 5.10 Å². The van der Waals surface area contributed by atoms with Gasteiger partial charge in [0.1, 0.15) is 6.54 Å². The van der Waals surface area contributed by atoms with Gasteiger partial charge in [-0.3, -0.25) is 19.0 Å². The Morgan fingerprint density at radius 3 is 2.44 bits per heavy atom. The molecule has 10 nitrogen and oxygen atoms in total. The van der Waals surface area contributed by atoms with Crippen LogP contribution in [0.4, 0.5) is 5.69 Å². The molecule has 2 aromatic heterocycles. The van der Waals surface area contributed by atoms with Gasteiger partial charge in [0.2, 0.25) is 11.7 Å². The maximum absolute atomic E-state index is 13.4. The van der Waals surface area contributed by atoms with Gasteiger partial charge in [0.15, 0.2) is 0 Å². The van der Waals surface area contributed by atoms with E-state index in [1.165, 1.54) is 15.0 Å². The van der Waals surface area contributed by atoms with E-state index in [4.69, 9.17) is 0 Å². The summed E-state index contributed by atoms with van der Waals surface area (Å²) >= 11 is 0. The van der Waals surface area contributed by atoms with Gasteiger partial charge in [-0.2, -0.15) is 0 Å². The summed E-state index contributed by atoms with van der Waals surface area (Å²) in [6, 6.07) is 12.0. The molecule has 0 bridgehead atoms. The van der Waals surface area contributed by atoms with E-state index in [0.717, 1.165) is 10.2 Å². The molecule has 10 heteroatoms. The fraction of sp³-hybridized carbons (Fsp3) is 0.346. The van der Waals surface area contributed by atoms with Crippen molar-refractivity contribution in [3.05, 3.63) is 74.4 Å². The quantitative estimate of drug-likeness (QED) is 0.393. The summed E-state index contributed by atoms with van der Waals surface area (Å²) in [7, 11) is 0. The topological polar surface area (TPSA) is 120 Å². The summed E-state index contributed by atoms with van der Waals surface area (Å²) in [5.41, 5.74) is 1.38. The van der Waals surface area contributed by atoms with Crippen LogP contribution in [-0.4, -0.2) is 37.1 Å². The maximum atomic E-state index is 13.4. The normalized spacial score (nSPS) is 11.4. The predicted octanol–water partition coefficient (Wildman–Crippen LogP) is 2.55. The van der Waals surface area contributed by atoms with Gasteiger partial charge in [-0.05, 0) is 49.6 Å². The summed E-state index contributed by atoms with van der Waals surface area (Å²) in [5.74, 6) is -0.322. The van der Waals surface area contributed by atoms with Crippen LogP contribution in [0.1, 0.15) is 43.1 Å². The second kappa shape index (κ2) is 10.2. The van der Waals surface area contributed by atoms with Crippen molar-refractivity contribution in [2.24, 2.45) is 5.92 Å².